The molecule has 1 atom stereocenters. The maximum atomic E-state index is 12.4. The van der Waals surface area contributed by atoms with E-state index in [-0.39, 0.29) is 12.4 Å². The molecule has 86 valence electrons. The van der Waals surface area contributed by atoms with E-state index in [0.29, 0.717) is 11.5 Å². The Balaban J connectivity index is 0.00000196. The van der Waals surface area contributed by atoms with Crippen LogP contribution in [0, 0.1) is 0 Å². The monoisotopic (exact) mass is 235 g/mol. The molecule has 0 bridgehead atoms. The zero-order valence-corrected chi connectivity index (χ0v) is 9.64. The third kappa shape index (κ3) is 3.76. The first kappa shape index (κ1) is 14.3. The second-order valence-electron chi connectivity index (χ2n) is 3.77. The van der Waals surface area contributed by atoms with E-state index in [1.54, 1.807) is 6.07 Å². The molecule has 0 radical (unpaired) electrons. The molecule has 15 heavy (non-hydrogen) atoms. The summed E-state index contributed by atoms with van der Waals surface area (Å²) < 4.78 is 24.8. The van der Waals surface area contributed by atoms with Crippen LogP contribution < -0.4 is 18.1 Å². The van der Waals surface area contributed by atoms with Crippen molar-refractivity contribution in [2.24, 2.45) is 0 Å². The van der Waals surface area contributed by atoms with Crippen molar-refractivity contribution in [3.05, 3.63) is 35.4 Å². The quantitative estimate of drug-likeness (QED) is 0.722. The Morgan fingerprint density at radius 2 is 1.67 bits per heavy atom. The highest BCUT2D eigenvalue weighted by molar-refractivity contribution is 5.27. The predicted molar refractivity (Wildman–Crippen MR) is 52.2 cm³/mol. The lowest BCUT2D eigenvalue weighted by atomic mass is 9.98. The molecule has 0 spiro atoms. The number of hydrogen-bond acceptors (Lipinski definition) is 0. The van der Waals surface area contributed by atoms with Crippen molar-refractivity contribution >= 4 is 0 Å². The molecule has 1 aromatic rings. The molecule has 1 nitrogen and oxygen atoms in total. The van der Waals surface area contributed by atoms with Crippen molar-refractivity contribution in [3.63, 3.8) is 0 Å². The van der Waals surface area contributed by atoms with Crippen molar-refractivity contribution in [2.75, 3.05) is 0 Å². The van der Waals surface area contributed by atoms with E-state index in [9.17, 15) is 8.78 Å². The fourth-order valence-corrected chi connectivity index (χ4v) is 1.29. The third-order valence-electron chi connectivity index (χ3n) is 2.31. The lowest BCUT2D eigenvalue weighted by Crippen LogP contribution is -3.00. The normalized spacial score (nSPS) is 12.7. The molecule has 0 heterocycles. The van der Waals surface area contributed by atoms with Gasteiger partial charge >= 0.3 is 0 Å². The Morgan fingerprint density at radius 1 is 1.13 bits per heavy atom. The van der Waals surface area contributed by atoms with Crippen LogP contribution in [0.5, 0.6) is 0 Å². The number of halogens is 3. The lowest BCUT2D eigenvalue weighted by Gasteiger charge is -2.11. The van der Waals surface area contributed by atoms with E-state index in [1.165, 1.54) is 0 Å². The minimum atomic E-state index is -2.39. The summed E-state index contributed by atoms with van der Waals surface area (Å²) in [5, 5.41) is 0. The van der Waals surface area contributed by atoms with E-state index in [0.717, 1.165) is 5.56 Å². The molecule has 3 N–H and O–H groups in total. The molecule has 4 heteroatoms. The molecule has 0 saturated heterocycles. The first-order valence-electron chi connectivity index (χ1n) is 4.73. The summed E-state index contributed by atoms with van der Waals surface area (Å²) in [6.45, 7) is 4.08. The first-order chi connectivity index (χ1) is 6.52. The fourth-order valence-electron chi connectivity index (χ4n) is 1.29. The summed E-state index contributed by atoms with van der Waals surface area (Å²) in [4.78, 5) is 0. The Morgan fingerprint density at radius 3 is 2.13 bits per heavy atom. The largest absolute Gasteiger partial charge is 1.00 e. The minimum Gasteiger partial charge on any atom is -1.00 e. The number of benzene rings is 1. The van der Waals surface area contributed by atoms with Crippen LogP contribution in [0.2, 0.25) is 0 Å². The van der Waals surface area contributed by atoms with Crippen LogP contribution in [0.3, 0.4) is 0 Å². The summed E-state index contributed by atoms with van der Waals surface area (Å²) in [6.07, 6.45) is -2.39. The van der Waals surface area contributed by atoms with Gasteiger partial charge in [0, 0.05) is 5.56 Å². The summed E-state index contributed by atoms with van der Waals surface area (Å²) in [7, 11) is 0. The molecule has 0 fully saturated rings. The highest BCUT2D eigenvalue weighted by Gasteiger charge is 2.21. The van der Waals surface area contributed by atoms with Crippen LogP contribution in [0.25, 0.3) is 0 Å². The number of alkyl halides is 2. The minimum absolute atomic E-state index is 0. The van der Waals surface area contributed by atoms with Crippen LogP contribution >= 0.6 is 0 Å². The molecular weight excluding hydrogens is 220 g/mol. The molecule has 0 aromatic heterocycles. The molecule has 0 saturated carbocycles. The number of rotatable bonds is 3. The van der Waals surface area contributed by atoms with Gasteiger partial charge in [-0.3, -0.25) is 0 Å². The van der Waals surface area contributed by atoms with Crippen LogP contribution in [-0.2, 0) is 0 Å². The van der Waals surface area contributed by atoms with Gasteiger partial charge in [0.05, 0.1) is 0 Å². The van der Waals surface area contributed by atoms with Crippen molar-refractivity contribution in [2.45, 2.75) is 32.2 Å². The molecule has 0 aliphatic heterocycles. The Kier molecular flexibility index (Phi) is 5.76. The summed E-state index contributed by atoms with van der Waals surface area (Å²) in [5.41, 5.74) is 5.16. The van der Waals surface area contributed by atoms with Gasteiger partial charge in [0.1, 0.15) is 0 Å². The van der Waals surface area contributed by atoms with Gasteiger partial charge in [-0.15, -0.1) is 0 Å². The molecule has 0 aliphatic carbocycles. The summed E-state index contributed by atoms with van der Waals surface area (Å²) >= 11 is 0. The van der Waals surface area contributed by atoms with Gasteiger partial charge in [-0.25, -0.2) is 8.78 Å². The fraction of sp³-hybridized carbons (Fsp3) is 0.455. The Bertz CT molecular complexity index is 302. The molecular formula is C11H16ClF2N. The molecule has 0 amide bonds. The molecule has 1 aromatic carbocycles. The SMILES string of the molecule is CC(C)c1cccc([C@@H]([NH3+])C(F)F)c1.[Cl-]. The van der Waals surface area contributed by atoms with Crippen molar-refractivity contribution in [3.8, 4) is 0 Å². The van der Waals surface area contributed by atoms with E-state index in [2.05, 4.69) is 5.73 Å². The smallest absolute Gasteiger partial charge is 0.293 e. The predicted octanol–water partition coefficient (Wildman–Crippen LogP) is -0.638. The van der Waals surface area contributed by atoms with Gasteiger partial charge in [0.25, 0.3) is 6.43 Å². The second kappa shape index (κ2) is 6.03. The Hall–Kier alpha value is -0.670. The van der Waals surface area contributed by atoms with E-state index >= 15 is 0 Å². The van der Waals surface area contributed by atoms with Crippen molar-refractivity contribution < 1.29 is 26.9 Å². The Labute approximate surface area is 95.1 Å². The van der Waals surface area contributed by atoms with Gasteiger partial charge in [0.2, 0.25) is 0 Å². The van der Waals surface area contributed by atoms with Crippen molar-refractivity contribution in [1.29, 1.82) is 0 Å². The standard InChI is InChI=1S/C11H15F2N.ClH/c1-7(2)8-4-3-5-9(6-8)10(14)11(12)13;/h3-7,10-11H,14H2,1-2H3;1H/t10-;/m1./s1. The molecule has 0 aliphatic rings. The average Bonchev–Trinajstić information content (AvgIpc) is 2.16. The van der Waals surface area contributed by atoms with Gasteiger partial charge in [-0.2, -0.15) is 0 Å². The number of quaternary nitrogens is 1. The highest BCUT2D eigenvalue weighted by Crippen LogP contribution is 2.21. The highest BCUT2D eigenvalue weighted by atomic mass is 35.5. The zero-order chi connectivity index (χ0) is 10.7. The van der Waals surface area contributed by atoms with E-state index in [1.807, 2.05) is 32.0 Å². The van der Waals surface area contributed by atoms with Crippen LogP contribution in [0.1, 0.15) is 36.9 Å². The van der Waals surface area contributed by atoms with Crippen LogP contribution in [0.4, 0.5) is 8.78 Å². The second-order valence-corrected chi connectivity index (χ2v) is 3.77. The van der Waals surface area contributed by atoms with Crippen molar-refractivity contribution in [1.82, 2.24) is 0 Å². The summed E-state index contributed by atoms with van der Waals surface area (Å²) in [6, 6.07) is 6.36. The topological polar surface area (TPSA) is 27.6 Å². The average molecular weight is 236 g/mol. The van der Waals surface area contributed by atoms with Gasteiger partial charge in [-0.05, 0) is 17.5 Å². The van der Waals surface area contributed by atoms with E-state index < -0.39 is 12.5 Å². The lowest BCUT2D eigenvalue weighted by molar-refractivity contribution is -0.449. The van der Waals surface area contributed by atoms with Gasteiger partial charge < -0.3 is 18.1 Å². The molecule has 1 rings (SSSR count). The maximum Gasteiger partial charge on any atom is 0.293 e. The third-order valence-corrected chi connectivity index (χ3v) is 2.31. The molecule has 0 unspecified atom stereocenters. The maximum absolute atomic E-state index is 12.4. The summed E-state index contributed by atoms with van der Waals surface area (Å²) in [5.74, 6) is 0.361. The first-order valence-corrected chi connectivity index (χ1v) is 4.73. The van der Waals surface area contributed by atoms with Gasteiger partial charge in [-0.1, -0.05) is 32.0 Å². The van der Waals surface area contributed by atoms with E-state index in [4.69, 9.17) is 0 Å². The number of hydrogen-bond donors (Lipinski definition) is 1. The van der Waals surface area contributed by atoms with Crippen LogP contribution in [0.15, 0.2) is 24.3 Å². The van der Waals surface area contributed by atoms with Crippen LogP contribution in [-0.4, -0.2) is 6.43 Å². The van der Waals surface area contributed by atoms with Gasteiger partial charge in [0.15, 0.2) is 6.04 Å². The zero-order valence-electron chi connectivity index (χ0n) is 8.88.